The number of H-pyrrole nitrogens is 1. The molecule has 7 heteroatoms. The van der Waals surface area contributed by atoms with Gasteiger partial charge in [0.15, 0.2) is 5.65 Å². The third kappa shape index (κ3) is 2.37. The van der Waals surface area contributed by atoms with Gasteiger partial charge < -0.3 is 9.55 Å². The third-order valence-electron chi connectivity index (χ3n) is 3.28. The summed E-state index contributed by atoms with van der Waals surface area (Å²) in [4.78, 5) is 23.2. The smallest absolute Gasteiger partial charge is 0.262 e. The lowest BCUT2D eigenvalue weighted by Gasteiger charge is -2.08. The van der Waals surface area contributed by atoms with Crippen LogP contribution in [0.2, 0.25) is 0 Å². The minimum absolute atomic E-state index is 0.190. The second kappa shape index (κ2) is 5.01. The molecule has 0 saturated heterocycles. The Labute approximate surface area is 121 Å². The van der Waals surface area contributed by atoms with Crippen LogP contribution in [0, 0.1) is 0 Å². The van der Waals surface area contributed by atoms with Crippen LogP contribution in [0.1, 0.15) is 31.4 Å². The number of hydrogen-bond acceptors (Lipinski definition) is 4. The highest BCUT2D eigenvalue weighted by atomic mass is 16.1. The summed E-state index contributed by atoms with van der Waals surface area (Å²) in [5.41, 5.74) is 1.33. The largest absolute Gasteiger partial charge is 0.329 e. The fourth-order valence-electron chi connectivity index (χ4n) is 2.17. The SMILES string of the molecule is CC(C)n1cncc1/C=C/c1nc2c(cnn2C)c(=O)[nH]1. The Hall–Kier alpha value is -2.70. The van der Waals surface area contributed by atoms with Crippen molar-refractivity contribution in [1.82, 2.24) is 29.3 Å². The standard InChI is InChI=1S/C14H16N6O/c1-9(2)20-8-15-6-10(20)4-5-12-17-13-11(14(21)18-12)7-16-19(13)3/h4-9H,1-3H3,(H,17,18,21)/b5-4+. The van der Waals surface area contributed by atoms with Crippen LogP contribution in [-0.2, 0) is 7.05 Å². The molecule has 0 amide bonds. The molecule has 108 valence electrons. The molecule has 0 bridgehead atoms. The van der Waals surface area contributed by atoms with Gasteiger partial charge in [0.1, 0.15) is 11.2 Å². The van der Waals surface area contributed by atoms with Gasteiger partial charge >= 0.3 is 0 Å². The molecular formula is C14H16N6O. The van der Waals surface area contributed by atoms with E-state index in [-0.39, 0.29) is 5.56 Å². The van der Waals surface area contributed by atoms with Crippen molar-refractivity contribution in [2.24, 2.45) is 7.05 Å². The molecule has 0 radical (unpaired) electrons. The number of fused-ring (bicyclic) bond motifs is 1. The molecule has 7 nitrogen and oxygen atoms in total. The maximum absolute atomic E-state index is 11.9. The molecular weight excluding hydrogens is 268 g/mol. The number of hydrogen-bond donors (Lipinski definition) is 1. The zero-order valence-corrected chi connectivity index (χ0v) is 12.1. The van der Waals surface area contributed by atoms with Crippen molar-refractivity contribution in [3.63, 3.8) is 0 Å². The summed E-state index contributed by atoms with van der Waals surface area (Å²) in [5, 5.41) is 4.53. The third-order valence-corrected chi connectivity index (χ3v) is 3.28. The number of aryl methyl sites for hydroxylation is 1. The summed E-state index contributed by atoms with van der Waals surface area (Å²) in [6, 6.07) is 0.318. The van der Waals surface area contributed by atoms with Crippen molar-refractivity contribution >= 4 is 23.2 Å². The Kier molecular flexibility index (Phi) is 3.17. The van der Waals surface area contributed by atoms with E-state index in [9.17, 15) is 4.79 Å². The monoisotopic (exact) mass is 284 g/mol. The van der Waals surface area contributed by atoms with Crippen molar-refractivity contribution in [2.45, 2.75) is 19.9 Å². The average Bonchev–Trinajstić information content (AvgIpc) is 3.04. The zero-order chi connectivity index (χ0) is 15.0. The van der Waals surface area contributed by atoms with Gasteiger partial charge in [-0.2, -0.15) is 5.10 Å². The van der Waals surface area contributed by atoms with Gasteiger partial charge in [-0.1, -0.05) is 0 Å². The molecule has 0 saturated carbocycles. The maximum atomic E-state index is 11.9. The second-order valence-corrected chi connectivity index (χ2v) is 5.11. The van der Waals surface area contributed by atoms with E-state index in [0.29, 0.717) is 22.9 Å². The van der Waals surface area contributed by atoms with Crippen LogP contribution in [0.15, 0.2) is 23.5 Å². The van der Waals surface area contributed by atoms with Crippen LogP contribution in [0.25, 0.3) is 23.2 Å². The molecule has 3 heterocycles. The lowest BCUT2D eigenvalue weighted by atomic mass is 10.3. The molecule has 21 heavy (non-hydrogen) atoms. The maximum Gasteiger partial charge on any atom is 0.262 e. The van der Waals surface area contributed by atoms with E-state index >= 15 is 0 Å². The molecule has 3 aromatic rings. The van der Waals surface area contributed by atoms with Gasteiger partial charge in [-0.05, 0) is 26.0 Å². The first-order valence-corrected chi connectivity index (χ1v) is 6.68. The van der Waals surface area contributed by atoms with Crippen molar-refractivity contribution in [3.05, 3.63) is 40.6 Å². The van der Waals surface area contributed by atoms with Crippen LogP contribution in [0.4, 0.5) is 0 Å². The van der Waals surface area contributed by atoms with Crippen molar-refractivity contribution in [3.8, 4) is 0 Å². The zero-order valence-electron chi connectivity index (χ0n) is 12.1. The molecule has 0 aliphatic rings. The van der Waals surface area contributed by atoms with Crippen LogP contribution < -0.4 is 5.56 Å². The topological polar surface area (TPSA) is 81.4 Å². The highest BCUT2D eigenvalue weighted by molar-refractivity contribution is 5.75. The summed E-state index contributed by atoms with van der Waals surface area (Å²) in [6.45, 7) is 4.17. The van der Waals surface area contributed by atoms with E-state index in [4.69, 9.17) is 0 Å². The Morgan fingerprint density at radius 1 is 1.29 bits per heavy atom. The number of aromatic nitrogens is 6. The highest BCUT2D eigenvalue weighted by Gasteiger charge is 2.07. The molecule has 0 unspecified atom stereocenters. The van der Waals surface area contributed by atoms with Gasteiger partial charge in [0.05, 0.1) is 24.4 Å². The summed E-state index contributed by atoms with van der Waals surface area (Å²) in [7, 11) is 1.76. The highest BCUT2D eigenvalue weighted by Crippen LogP contribution is 2.12. The Morgan fingerprint density at radius 2 is 2.10 bits per heavy atom. The van der Waals surface area contributed by atoms with E-state index in [2.05, 4.69) is 33.9 Å². The minimum atomic E-state index is -0.190. The van der Waals surface area contributed by atoms with Gasteiger partial charge in [-0.3, -0.25) is 9.48 Å². The fourth-order valence-corrected chi connectivity index (χ4v) is 2.17. The molecule has 1 N–H and O–H groups in total. The number of imidazole rings is 1. The average molecular weight is 284 g/mol. The van der Waals surface area contributed by atoms with Gasteiger partial charge in [-0.15, -0.1) is 0 Å². The summed E-state index contributed by atoms with van der Waals surface area (Å²) >= 11 is 0. The number of aromatic amines is 1. The quantitative estimate of drug-likeness (QED) is 0.792. The van der Waals surface area contributed by atoms with Gasteiger partial charge in [0.2, 0.25) is 0 Å². The molecule has 0 atom stereocenters. The second-order valence-electron chi connectivity index (χ2n) is 5.11. The molecule has 3 rings (SSSR count). The first kappa shape index (κ1) is 13.3. The first-order chi connectivity index (χ1) is 10.1. The predicted octanol–water partition coefficient (Wildman–Crippen LogP) is 1.60. The molecule has 0 spiro atoms. The summed E-state index contributed by atoms with van der Waals surface area (Å²) < 4.78 is 3.62. The van der Waals surface area contributed by atoms with E-state index in [1.54, 1.807) is 30.3 Å². The van der Waals surface area contributed by atoms with Crippen LogP contribution in [-0.4, -0.2) is 29.3 Å². The van der Waals surface area contributed by atoms with E-state index in [1.165, 1.54) is 6.20 Å². The number of nitrogens with one attached hydrogen (secondary N) is 1. The van der Waals surface area contributed by atoms with E-state index < -0.39 is 0 Å². The van der Waals surface area contributed by atoms with Gasteiger partial charge in [0.25, 0.3) is 5.56 Å². The van der Waals surface area contributed by atoms with E-state index in [1.807, 2.05) is 10.6 Å². The Balaban J connectivity index is 2.01. The molecule has 0 aliphatic heterocycles. The van der Waals surface area contributed by atoms with Gasteiger partial charge in [-0.25, -0.2) is 9.97 Å². The van der Waals surface area contributed by atoms with Crippen molar-refractivity contribution in [2.75, 3.05) is 0 Å². The summed E-state index contributed by atoms with van der Waals surface area (Å²) in [6.07, 6.45) is 8.72. The van der Waals surface area contributed by atoms with Gasteiger partial charge in [0, 0.05) is 13.1 Å². The molecule has 0 aromatic carbocycles. The van der Waals surface area contributed by atoms with Crippen LogP contribution >= 0.6 is 0 Å². The fraction of sp³-hybridized carbons (Fsp3) is 0.286. The lowest BCUT2D eigenvalue weighted by Crippen LogP contribution is -2.09. The molecule has 3 aromatic heterocycles. The Bertz CT molecular complexity index is 867. The predicted molar refractivity (Wildman–Crippen MR) is 80.7 cm³/mol. The lowest BCUT2D eigenvalue weighted by molar-refractivity contribution is 0.595. The summed E-state index contributed by atoms with van der Waals surface area (Å²) in [5.74, 6) is 0.493. The molecule has 0 aliphatic carbocycles. The van der Waals surface area contributed by atoms with Crippen LogP contribution in [0.5, 0.6) is 0 Å². The van der Waals surface area contributed by atoms with E-state index in [0.717, 1.165) is 5.69 Å². The van der Waals surface area contributed by atoms with Crippen molar-refractivity contribution in [1.29, 1.82) is 0 Å². The van der Waals surface area contributed by atoms with Crippen LogP contribution in [0.3, 0.4) is 0 Å². The number of nitrogens with zero attached hydrogens (tertiary/aromatic N) is 5. The Morgan fingerprint density at radius 3 is 2.86 bits per heavy atom. The van der Waals surface area contributed by atoms with Crippen molar-refractivity contribution < 1.29 is 0 Å². The minimum Gasteiger partial charge on any atom is -0.329 e. The number of rotatable bonds is 3. The molecule has 0 fully saturated rings. The first-order valence-electron chi connectivity index (χ1n) is 6.68. The normalized spacial score (nSPS) is 12.0.